The fraction of sp³-hybridized carbons (Fsp3) is 0.640. The van der Waals surface area contributed by atoms with Gasteiger partial charge in [0.05, 0.1) is 18.6 Å². The van der Waals surface area contributed by atoms with Crippen LogP contribution in [0.2, 0.25) is 0 Å². The van der Waals surface area contributed by atoms with Gasteiger partial charge in [0, 0.05) is 37.4 Å². The molecule has 3 saturated heterocycles. The highest BCUT2D eigenvalue weighted by molar-refractivity contribution is 5.86. The maximum atomic E-state index is 13.8. The lowest BCUT2D eigenvalue weighted by Crippen LogP contribution is -2.64. The summed E-state index contributed by atoms with van der Waals surface area (Å²) in [5, 5.41) is 0. The Labute approximate surface area is 184 Å². The molecule has 4 aliphatic rings. The van der Waals surface area contributed by atoms with Crippen molar-refractivity contribution in [3.63, 3.8) is 0 Å². The molecule has 6 nitrogen and oxygen atoms in total. The number of carbonyl (C=O) groups excluding carboxylic acids is 3. The van der Waals surface area contributed by atoms with E-state index in [0.29, 0.717) is 13.0 Å². The van der Waals surface area contributed by atoms with E-state index in [9.17, 15) is 14.4 Å². The highest BCUT2D eigenvalue weighted by Gasteiger charge is 2.64. The third kappa shape index (κ3) is 3.26. The largest absolute Gasteiger partial charge is 0.334 e. The number of benzene rings is 1. The molecule has 0 radical (unpaired) electrons. The third-order valence-electron chi connectivity index (χ3n) is 8.39. The SMILES string of the molecule is CC(=O)N1[C@H]2CCC[C@H]3N(C(=O)CN4CCCC4=O)[C@@H](Cc4ccccc4)[C@@H]1C[C@@]23C. The van der Waals surface area contributed by atoms with Crippen LogP contribution in [0.25, 0.3) is 0 Å². The summed E-state index contributed by atoms with van der Waals surface area (Å²) in [7, 11) is 0. The molecule has 3 amide bonds. The molecule has 0 spiro atoms. The second-order valence-corrected chi connectivity index (χ2v) is 10.1. The van der Waals surface area contributed by atoms with Gasteiger partial charge in [-0.1, -0.05) is 37.3 Å². The summed E-state index contributed by atoms with van der Waals surface area (Å²) >= 11 is 0. The van der Waals surface area contributed by atoms with Crippen molar-refractivity contribution in [1.29, 1.82) is 0 Å². The molecule has 1 aromatic carbocycles. The second-order valence-electron chi connectivity index (χ2n) is 10.1. The minimum atomic E-state index is -0.0630. The zero-order chi connectivity index (χ0) is 21.8. The smallest absolute Gasteiger partial charge is 0.242 e. The Bertz CT molecular complexity index is 887. The highest BCUT2D eigenvalue weighted by Crippen LogP contribution is 2.56. The molecule has 0 unspecified atom stereocenters. The van der Waals surface area contributed by atoms with Crippen LogP contribution >= 0.6 is 0 Å². The first-order valence-corrected chi connectivity index (χ1v) is 11.8. The number of nitrogens with zero attached hydrogens (tertiary/aromatic N) is 3. The van der Waals surface area contributed by atoms with Crippen molar-refractivity contribution >= 4 is 17.7 Å². The van der Waals surface area contributed by atoms with Gasteiger partial charge in [-0.2, -0.15) is 0 Å². The van der Waals surface area contributed by atoms with Gasteiger partial charge in [-0.15, -0.1) is 0 Å². The molecule has 6 heteroatoms. The van der Waals surface area contributed by atoms with Crippen molar-refractivity contribution < 1.29 is 14.4 Å². The lowest BCUT2D eigenvalue weighted by Gasteiger charge is -2.53. The van der Waals surface area contributed by atoms with Crippen LogP contribution in [0.15, 0.2) is 30.3 Å². The summed E-state index contributed by atoms with van der Waals surface area (Å²) in [5.74, 6) is 0.274. The van der Waals surface area contributed by atoms with Crippen LogP contribution in [0, 0.1) is 5.41 Å². The molecule has 31 heavy (non-hydrogen) atoms. The molecule has 5 atom stereocenters. The van der Waals surface area contributed by atoms with Crippen LogP contribution in [0.3, 0.4) is 0 Å². The van der Waals surface area contributed by atoms with Crippen LogP contribution in [-0.2, 0) is 20.8 Å². The molecule has 2 bridgehead atoms. The average Bonchev–Trinajstić information content (AvgIpc) is 3.28. The Kier molecular flexibility index (Phi) is 5.06. The standard InChI is InChI=1S/C25H33N3O3/c1-17(29)27-20-15-25(2)21(27)10-6-11-22(25)28(19(20)14-18-8-4-3-5-9-18)24(31)16-26-13-7-12-23(26)30/h3-5,8-9,19-22H,6-7,10-16H2,1-2H3/t19-,20-,21-,22+,25-/m0/s1. The Morgan fingerprint density at radius 1 is 1.06 bits per heavy atom. The molecule has 5 rings (SSSR count). The van der Waals surface area contributed by atoms with E-state index in [2.05, 4.69) is 28.9 Å². The summed E-state index contributed by atoms with van der Waals surface area (Å²) in [4.78, 5) is 44.8. The van der Waals surface area contributed by atoms with E-state index in [0.717, 1.165) is 38.5 Å². The first-order valence-electron chi connectivity index (χ1n) is 11.8. The van der Waals surface area contributed by atoms with E-state index < -0.39 is 0 Å². The summed E-state index contributed by atoms with van der Waals surface area (Å²) in [5.41, 5.74) is 1.13. The lowest BCUT2D eigenvalue weighted by atomic mass is 9.64. The number of piperidine rings is 1. The minimum Gasteiger partial charge on any atom is -0.334 e. The summed E-state index contributed by atoms with van der Waals surface area (Å²) < 4.78 is 0. The molecule has 0 aromatic heterocycles. The Morgan fingerprint density at radius 3 is 2.42 bits per heavy atom. The van der Waals surface area contributed by atoms with Crippen molar-refractivity contribution in [2.75, 3.05) is 13.1 Å². The second kappa shape index (κ2) is 7.64. The Morgan fingerprint density at radius 2 is 1.77 bits per heavy atom. The van der Waals surface area contributed by atoms with Crippen LogP contribution in [-0.4, -0.2) is 69.7 Å². The van der Waals surface area contributed by atoms with E-state index in [1.807, 2.05) is 18.2 Å². The number of rotatable bonds is 4. The van der Waals surface area contributed by atoms with Crippen molar-refractivity contribution in [3.05, 3.63) is 35.9 Å². The van der Waals surface area contributed by atoms with E-state index in [1.165, 1.54) is 5.56 Å². The zero-order valence-corrected chi connectivity index (χ0v) is 18.6. The number of likely N-dealkylation sites (tertiary alicyclic amines) is 3. The highest BCUT2D eigenvalue weighted by atomic mass is 16.2. The molecule has 1 aromatic rings. The Hall–Kier alpha value is -2.37. The fourth-order valence-electron chi connectivity index (χ4n) is 7.11. The quantitative estimate of drug-likeness (QED) is 0.748. The topological polar surface area (TPSA) is 60.9 Å². The summed E-state index contributed by atoms with van der Waals surface area (Å²) in [6.07, 6.45) is 6.13. The predicted molar refractivity (Wildman–Crippen MR) is 117 cm³/mol. The van der Waals surface area contributed by atoms with Gasteiger partial charge in [-0.25, -0.2) is 0 Å². The number of carbonyl (C=O) groups is 3. The van der Waals surface area contributed by atoms with Gasteiger partial charge in [0.15, 0.2) is 0 Å². The molecular weight excluding hydrogens is 390 g/mol. The number of fused-ring (bicyclic) bond motifs is 1. The van der Waals surface area contributed by atoms with Gasteiger partial charge in [0.25, 0.3) is 0 Å². The van der Waals surface area contributed by atoms with Crippen LogP contribution in [0.1, 0.15) is 57.9 Å². The van der Waals surface area contributed by atoms with Gasteiger partial charge in [0.2, 0.25) is 17.7 Å². The molecule has 1 saturated carbocycles. The van der Waals surface area contributed by atoms with Gasteiger partial charge in [-0.05, 0) is 44.1 Å². The maximum absolute atomic E-state index is 13.8. The van der Waals surface area contributed by atoms with Crippen LogP contribution < -0.4 is 0 Å². The Balaban J connectivity index is 1.53. The first-order chi connectivity index (χ1) is 14.9. The van der Waals surface area contributed by atoms with E-state index in [-0.39, 0.29) is 53.8 Å². The predicted octanol–water partition coefficient (Wildman–Crippen LogP) is 2.61. The van der Waals surface area contributed by atoms with E-state index in [4.69, 9.17) is 0 Å². The van der Waals surface area contributed by atoms with Gasteiger partial charge >= 0.3 is 0 Å². The van der Waals surface area contributed by atoms with E-state index >= 15 is 0 Å². The van der Waals surface area contributed by atoms with Crippen molar-refractivity contribution in [2.45, 2.75) is 83.0 Å². The maximum Gasteiger partial charge on any atom is 0.242 e. The van der Waals surface area contributed by atoms with Gasteiger partial charge in [-0.3, -0.25) is 14.4 Å². The van der Waals surface area contributed by atoms with Crippen molar-refractivity contribution in [3.8, 4) is 0 Å². The summed E-state index contributed by atoms with van der Waals surface area (Å²) in [6.45, 7) is 4.82. The normalized spacial score (nSPS) is 34.4. The first kappa shape index (κ1) is 20.5. The van der Waals surface area contributed by atoms with Crippen molar-refractivity contribution in [2.24, 2.45) is 5.41 Å². The average molecular weight is 424 g/mol. The molecule has 3 aliphatic heterocycles. The van der Waals surface area contributed by atoms with Gasteiger partial charge < -0.3 is 14.7 Å². The monoisotopic (exact) mass is 423 g/mol. The van der Waals surface area contributed by atoms with Crippen LogP contribution in [0.4, 0.5) is 0 Å². The minimum absolute atomic E-state index is 0.0419. The van der Waals surface area contributed by atoms with E-state index in [1.54, 1.807) is 11.8 Å². The fourth-order valence-corrected chi connectivity index (χ4v) is 7.11. The molecular formula is C25H33N3O3. The number of hydrogen-bond donors (Lipinski definition) is 0. The number of hydrogen-bond acceptors (Lipinski definition) is 3. The summed E-state index contributed by atoms with van der Waals surface area (Å²) in [6, 6.07) is 10.6. The lowest BCUT2D eigenvalue weighted by molar-refractivity contribution is -0.149. The third-order valence-corrected chi connectivity index (χ3v) is 8.39. The van der Waals surface area contributed by atoms with Crippen molar-refractivity contribution in [1.82, 2.24) is 14.7 Å². The molecule has 4 fully saturated rings. The molecule has 0 N–H and O–H groups in total. The molecule has 3 heterocycles. The zero-order valence-electron chi connectivity index (χ0n) is 18.6. The molecule has 1 aliphatic carbocycles. The number of amides is 3. The molecule has 166 valence electrons. The van der Waals surface area contributed by atoms with Gasteiger partial charge in [0.1, 0.15) is 0 Å². The van der Waals surface area contributed by atoms with Crippen LogP contribution in [0.5, 0.6) is 0 Å².